The van der Waals surface area contributed by atoms with E-state index in [1.165, 1.54) is 14.0 Å². The fourth-order valence-electron chi connectivity index (χ4n) is 2.59. The van der Waals surface area contributed by atoms with Crippen LogP contribution in [0.15, 0.2) is 0 Å². The lowest BCUT2D eigenvalue weighted by molar-refractivity contribution is -0.325. The van der Waals surface area contributed by atoms with Crippen LogP contribution in [0.5, 0.6) is 0 Å². The van der Waals surface area contributed by atoms with Crippen molar-refractivity contribution >= 4 is 0 Å². The molecule has 0 unspecified atom stereocenters. The molecule has 0 aromatic heterocycles. The highest BCUT2D eigenvalue weighted by Crippen LogP contribution is 2.25. The van der Waals surface area contributed by atoms with Crippen molar-refractivity contribution in [2.75, 3.05) is 13.7 Å². The van der Waals surface area contributed by atoms with Crippen LogP contribution in [-0.2, 0) is 18.9 Å². The fraction of sp³-hybridized carbons (Fsp3) is 1.00. The molecular weight excluding hydrogens is 316 g/mol. The van der Waals surface area contributed by atoms with Gasteiger partial charge in [0.2, 0.25) is 0 Å². The average molecular weight is 340 g/mol. The smallest absolute Gasteiger partial charge is 0.186 e. The molecule has 0 aromatic rings. The van der Waals surface area contributed by atoms with Gasteiger partial charge in [0.15, 0.2) is 12.6 Å². The van der Waals surface area contributed by atoms with Crippen LogP contribution in [0.3, 0.4) is 0 Å². The number of ether oxygens (including phenoxy) is 4. The van der Waals surface area contributed by atoms with Gasteiger partial charge in [0.1, 0.15) is 42.7 Å². The summed E-state index contributed by atoms with van der Waals surface area (Å²) < 4.78 is 20.7. The van der Waals surface area contributed by atoms with E-state index in [1.807, 2.05) is 0 Å². The summed E-state index contributed by atoms with van der Waals surface area (Å²) in [6, 6.07) is 0. The molecule has 2 aliphatic rings. The molecule has 0 saturated carbocycles. The maximum absolute atomic E-state index is 9.90. The van der Waals surface area contributed by atoms with E-state index in [1.54, 1.807) is 0 Å². The first-order valence-electron chi connectivity index (χ1n) is 7.31. The highest BCUT2D eigenvalue weighted by Gasteiger charge is 2.46. The minimum atomic E-state index is -1.49. The molecule has 2 aliphatic heterocycles. The molecule has 2 heterocycles. The van der Waals surface area contributed by atoms with E-state index in [4.69, 9.17) is 18.9 Å². The SMILES string of the molecule is CO[C@H]1O[C@H](CO[C@H]2O[C@@H](C)[C@@H](O)[C@@H](O)[C@@H]2O)[C@@H](O)[C@H](O)[C@H]1O. The summed E-state index contributed by atoms with van der Waals surface area (Å²) in [6.45, 7) is 1.20. The number of aliphatic hydroxyl groups excluding tert-OH is 6. The first-order chi connectivity index (χ1) is 10.8. The molecule has 23 heavy (non-hydrogen) atoms. The molecule has 0 aliphatic carbocycles. The second kappa shape index (κ2) is 7.66. The standard InChI is InChI=1S/C13H24O10/c1-4-6(14)8(16)11(19)13(22-4)21-3-5-7(15)9(17)10(18)12(20-2)23-5/h4-19H,3H2,1-2H3/t4-,5+,6+,7+,8+,9-,10+,11-,12-,13-/m0/s1. The Balaban J connectivity index is 1.94. The highest BCUT2D eigenvalue weighted by molar-refractivity contribution is 4.90. The Morgan fingerprint density at radius 3 is 1.91 bits per heavy atom. The van der Waals surface area contributed by atoms with Crippen LogP contribution in [0, 0.1) is 0 Å². The van der Waals surface area contributed by atoms with Gasteiger partial charge in [0, 0.05) is 7.11 Å². The maximum Gasteiger partial charge on any atom is 0.186 e. The van der Waals surface area contributed by atoms with E-state index < -0.39 is 61.4 Å². The van der Waals surface area contributed by atoms with Gasteiger partial charge in [-0.2, -0.15) is 0 Å². The summed E-state index contributed by atoms with van der Waals surface area (Å²) in [5.41, 5.74) is 0. The van der Waals surface area contributed by atoms with Gasteiger partial charge in [-0.1, -0.05) is 0 Å². The number of methoxy groups -OCH3 is 1. The Kier molecular flexibility index (Phi) is 6.30. The van der Waals surface area contributed by atoms with E-state index in [0.717, 1.165) is 0 Å². The van der Waals surface area contributed by atoms with Crippen molar-refractivity contribution in [2.45, 2.75) is 68.3 Å². The molecule has 6 N–H and O–H groups in total. The second-order valence-electron chi connectivity index (χ2n) is 5.77. The zero-order valence-corrected chi connectivity index (χ0v) is 12.8. The third-order valence-electron chi connectivity index (χ3n) is 4.13. The van der Waals surface area contributed by atoms with Crippen molar-refractivity contribution in [3.8, 4) is 0 Å². The Morgan fingerprint density at radius 2 is 1.30 bits per heavy atom. The number of hydrogen-bond acceptors (Lipinski definition) is 10. The second-order valence-corrected chi connectivity index (χ2v) is 5.77. The van der Waals surface area contributed by atoms with Crippen LogP contribution in [0.1, 0.15) is 6.92 Å². The van der Waals surface area contributed by atoms with E-state index in [9.17, 15) is 30.6 Å². The van der Waals surface area contributed by atoms with E-state index in [-0.39, 0.29) is 6.61 Å². The van der Waals surface area contributed by atoms with Gasteiger partial charge in [-0.05, 0) is 6.92 Å². The topological polar surface area (TPSA) is 158 Å². The average Bonchev–Trinajstić information content (AvgIpc) is 2.54. The van der Waals surface area contributed by atoms with E-state index in [0.29, 0.717) is 0 Å². The van der Waals surface area contributed by atoms with Gasteiger partial charge < -0.3 is 49.6 Å². The summed E-state index contributed by atoms with van der Waals surface area (Å²) in [5, 5.41) is 58.4. The number of aliphatic hydroxyl groups is 6. The van der Waals surface area contributed by atoms with Crippen molar-refractivity contribution < 1.29 is 49.6 Å². The molecule has 10 heteroatoms. The minimum Gasteiger partial charge on any atom is -0.388 e. The molecule has 2 fully saturated rings. The molecule has 10 nitrogen and oxygen atoms in total. The minimum absolute atomic E-state index is 0.304. The molecule has 0 radical (unpaired) electrons. The van der Waals surface area contributed by atoms with Gasteiger partial charge >= 0.3 is 0 Å². The summed E-state index contributed by atoms with van der Waals surface area (Å²) in [5.74, 6) is 0. The molecule has 0 aromatic carbocycles. The first-order valence-corrected chi connectivity index (χ1v) is 7.31. The largest absolute Gasteiger partial charge is 0.388 e. The molecule has 2 saturated heterocycles. The molecule has 0 bridgehead atoms. The summed E-state index contributed by atoms with van der Waals surface area (Å²) >= 11 is 0. The Labute approximate surface area is 132 Å². The maximum atomic E-state index is 9.90. The van der Waals surface area contributed by atoms with E-state index in [2.05, 4.69) is 0 Å². The van der Waals surface area contributed by atoms with Crippen molar-refractivity contribution in [1.29, 1.82) is 0 Å². The number of rotatable bonds is 4. The van der Waals surface area contributed by atoms with Crippen LogP contribution < -0.4 is 0 Å². The Hall–Kier alpha value is -0.400. The van der Waals surface area contributed by atoms with Crippen molar-refractivity contribution in [3.05, 3.63) is 0 Å². The predicted molar refractivity (Wildman–Crippen MR) is 72.0 cm³/mol. The van der Waals surface area contributed by atoms with Crippen molar-refractivity contribution in [2.24, 2.45) is 0 Å². The van der Waals surface area contributed by atoms with Gasteiger partial charge in [-0.15, -0.1) is 0 Å². The quantitative estimate of drug-likeness (QED) is 0.300. The normalized spacial score (nSPS) is 51.7. The fourth-order valence-corrected chi connectivity index (χ4v) is 2.59. The first kappa shape index (κ1) is 18.9. The molecular formula is C13H24O10. The van der Waals surface area contributed by atoms with Crippen LogP contribution >= 0.6 is 0 Å². The van der Waals surface area contributed by atoms with Gasteiger partial charge in [0.05, 0.1) is 12.7 Å². The summed E-state index contributed by atoms with van der Waals surface area (Å²) in [4.78, 5) is 0. The van der Waals surface area contributed by atoms with Crippen LogP contribution in [0.4, 0.5) is 0 Å². The van der Waals surface area contributed by atoms with Gasteiger partial charge in [-0.25, -0.2) is 0 Å². The highest BCUT2D eigenvalue weighted by atomic mass is 16.7. The Bertz CT molecular complexity index is 380. The van der Waals surface area contributed by atoms with E-state index >= 15 is 0 Å². The third-order valence-corrected chi connectivity index (χ3v) is 4.13. The third kappa shape index (κ3) is 3.82. The van der Waals surface area contributed by atoms with Crippen LogP contribution in [0.25, 0.3) is 0 Å². The zero-order chi connectivity index (χ0) is 17.3. The predicted octanol–water partition coefficient (Wildman–Crippen LogP) is -3.72. The lowest BCUT2D eigenvalue weighted by Crippen LogP contribution is -2.61. The summed E-state index contributed by atoms with van der Waals surface area (Å²) in [7, 11) is 1.27. The molecule has 0 amide bonds. The number of hydrogen-bond donors (Lipinski definition) is 6. The van der Waals surface area contributed by atoms with Crippen molar-refractivity contribution in [3.63, 3.8) is 0 Å². The molecule has 0 spiro atoms. The van der Waals surface area contributed by atoms with Gasteiger partial charge in [-0.3, -0.25) is 0 Å². The van der Waals surface area contributed by atoms with Crippen LogP contribution in [-0.4, -0.2) is 106 Å². The lowest BCUT2D eigenvalue weighted by atomic mass is 9.99. The molecule has 136 valence electrons. The van der Waals surface area contributed by atoms with Gasteiger partial charge in [0.25, 0.3) is 0 Å². The lowest BCUT2D eigenvalue weighted by Gasteiger charge is -2.42. The zero-order valence-electron chi connectivity index (χ0n) is 12.8. The molecule has 10 atom stereocenters. The van der Waals surface area contributed by atoms with Crippen LogP contribution in [0.2, 0.25) is 0 Å². The monoisotopic (exact) mass is 340 g/mol. The molecule has 2 rings (SSSR count). The summed E-state index contributed by atoms with van der Waals surface area (Å²) in [6.07, 6.45) is -12.7. The van der Waals surface area contributed by atoms with Crippen molar-refractivity contribution in [1.82, 2.24) is 0 Å². The Morgan fingerprint density at radius 1 is 0.739 bits per heavy atom.